The molecule has 4 rings (SSSR count). The lowest BCUT2D eigenvalue weighted by atomic mass is 10.0. The van der Waals surface area contributed by atoms with E-state index in [1.54, 1.807) is 11.5 Å². The highest BCUT2D eigenvalue weighted by Gasteiger charge is 2.20. The van der Waals surface area contributed by atoms with Gasteiger partial charge in [0.05, 0.1) is 22.7 Å². The first-order chi connectivity index (χ1) is 14.9. The standard InChI is InChI=1S/C25H24N4O2/c1-15-9-8-10-19-13-21(29(25(31)22(15)19)20-11-6-5-7-12-20)16(2)28-24-23(18(4)30)17(3)26-14-27-24/h5-14,16H,1-4H3,(H,26,27,28)/t16-/m0/s1. The number of nitrogens with zero attached hydrogens (tertiary/aromatic N) is 3. The SMILES string of the molecule is CC(=O)c1c(C)ncnc1N[C@@H](C)c1cc2cccc(C)c2c(=O)n1-c1ccccc1. The minimum Gasteiger partial charge on any atom is -0.361 e. The van der Waals surface area contributed by atoms with Gasteiger partial charge in [0.15, 0.2) is 5.78 Å². The summed E-state index contributed by atoms with van der Waals surface area (Å²) in [7, 11) is 0. The number of benzene rings is 2. The average molecular weight is 412 g/mol. The molecule has 0 saturated heterocycles. The molecule has 0 aliphatic heterocycles. The Balaban J connectivity index is 1.93. The minimum atomic E-state index is -0.301. The molecule has 6 heteroatoms. The van der Waals surface area contributed by atoms with Gasteiger partial charge in [0.2, 0.25) is 0 Å². The summed E-state index contributed by atoms with van der Waals surface area (Å²) < 4.78 is 1.73. The third-order valence-electron chi connectivity index (χ3n) is 5.48. The van der Waals surface area contributed by atoms with Crippen LogP contribution in [0.4, 0.5) is 5.82 Å². The molecule has 156 valence electrons. The normalized spacial score (nSPS) is 12.0. The molecule has 2 heterocycles. The van der Waals surface area contributed by atoms with E-state index in [0.29, 0.717) is 22.5 Å². The Morgan fingerprint density at radius 3 is 2.48 bits per heavy atom. The van der Waals surface area contributed by atoms with Crippen molar-refractivity contribution in [2.45, 2.75) is 33.7 Å². The largest absolute Gasteiger partial charge is 0.361 e. The zero-order chi connectivity index (χ0) is 22.1. The number of aromatic nitrogens is 3. The fraction of sp³-hybridized carbons (Fsp3) is 0.200. The van der Waals surface area contributed by atoms with Gasteiger partial charge in [-0.2, -0.15) is 0 Å². The number of carbonyl (C=O) groups excluding carboxylic acids is 1. The van der Waals surface area contributed by atoms with Crippen LogP contribution in [0.3, 0.4) is 0 Å². The van der Waals surface area contributed by atoms with Crippen LogP contribution in [0.2, 0.25) is 0 Å². The molecular weight excluding hydrogens is 388 g/mol. The number of anilines is 1. The first-order valence-corrected chi connectivity index (χ1v) is 10.2. The average Bonchev–Trinajstić information content (AvgIpc) is 2.74. The van der Waals surface area contributed by atoms with E-state index in [1.807, 2.05) is 68.4 Å². The van der Waals surface area contributed by atoms with E-state index < -0.39 is 0 Å². The number of Topliss-reactive ketones (excluding diaryl/α,β-unsaturated/α-hetero) is 1. The van der Waals surface area contributed by atoms with Crippen LogP contribution in [0.1, 0.15) is 47.2 Å². The van der Waals surface area contributed by atoms with Crippen LogP contribution in [0.5, 0.6) is 0 Å². The second kappa shape index (κ2) is 8.14. The maximum atomic E-state index is 13.6. The molecule has 0 aliphatic carbocycles. The van der Waals surface area contributed by atoms with Crippen LogP contribution in [-0.2, 0) is 0 Å². The molecule has 0 radical (unpaired) electrons. The predicted molar refractivity (Wildman–Crippen MR) is 123 cm³/mol. The molecule has 1 atom stereocenters. The third kappa shape index (κ3) is 3.72. The second-order valence-corrected chi connectivity index (χ2v) is 7.69. The lowest BCUT2D eigenvalue weighted by Gasteiger charge is -2.22. The molecular formula is C25H24N4O2. The van der Waals surface area contributed by atoms with E-state index in [-0.39, 0.29) is 17.4 Å². The van der Waals surface area contributed by atoms with Gasteiger partial charge in [-0.3, -0.25) is 14.2 Å². The molecule has 2 aromatic carbocycles. The van der Waals surface area contributed by atoms with E-state index in [4.69, 9.17) is 0 Å². The highest BCUT2D eigenvalue weighted by Crippen LogP contribution is 2.26. The van der Waals surface area contributed by atoms with Gasteiger partial charge in [-0.25, -0.2) is 9.97 Å². The van der Waals surface area contributed by atoms with E-state index in [1.165, 1.54) is 13.3 Å². The molecule has 0 unspecified atom stereocenters. The molecule has 6 nitrogen and oxygen atoms in total. The van der Waals surface area contributed by atoms with E-state index in [0.717, 1.165) is 22.3 Å². The summed E-state index contributed by atoms with van der Waals surface area (Å²) in [6, 6.07) is 17.1. The summed E-state index contributed by atoms with van der Waals surface area (Å²) in [4.78, 5) is 34.2. The highest BCUT2D eigenvalue weighted by molar-refractivity contribution is 5.99. The van der Waals surface area contributed by atoms with Crippen LogP contribution in [0, 0.1) is 13.8 Å². The summed E-state index contributed by atoms with van der Waals surface area (Å²) >= 11 is 0. The lowest BCUT2D eigenvalue weighted by Crippen LogP contribution is -2.26. The molecule has 0 aliphatic rings. The zero-order valence-electron chi connectivity index (χ0n) is 18.0. The van der Waals surface area contributed by atoms with Crippen molar-refractivity contribution in [3.63, 3.8) is 0 Å². The van der Waals surface area contributed by atoms with Crippen molar-refractivity contribution in [1.29, 1.82) is 0 Å². The number of hydrogen-bond donors (Lipinski definition) is 1. The Morgan fingerprint density at radius 1 is 1.03 bits per heavy atom. The molecule has 4 aromatic rings. The Labute approximate surface area is 180 Å². The molecule has 0 fully saturated rings. The van der Waals surface area contributed by atoms with Crippen LogP contribution in [0.25, 0.3) is 16.5 Å². The smallest absolute Gasteiger partial charge is 0.263 e. The Bertz CT molecular complexity index is 1340. The van der Waals surface area contributed by atoms with Gasteiger partial charge >= 0.3 is 0 Å². The number of hydrogen-bond acceptors (Lipinski definition) is 5. The number of carbonyl (C=O) groups is 1. The number of fused-ring (bicyclic) bond motifs is 1. The van der Waals surface area contributed by atoms with Crippen molar-refractivity contribution in [1.82, 2.24) is 14.5 Å². The number of para-hydroxylation sites is 1. The topological polar surface area (TPSA) is 76.9 Å². The maximum absolute atomic E-state index is 13.6. The lowest BCUT2D eigenvalue weighted by molar-refractivity contribution is 0.101. The minimum absolute atomic E-state index is 0.0730. The second-order valence-electron chi connectivity index (χ2n) is 7.69. The van der Waals surface area contributed by atoms with Crippen molar-refractivity contribution in [3.05, 3.63) is 93.8 Å². The number of rotatable bonds is 5. The molecule has 1 N–H and O–H groups in total. The monoisotopic (exact) mass is 412 g/mol. The third-order valence-corrected chi connectivity index (χ3v) is 5.48. The number of nitrogens with one attached hydrogen (secondary N) is 1. The van der Waals surface area contributed by atoms with E-state index in [2.05, 4.69) is 15.3 Å². The fourth-order valence-electron chi connectivity index (χ4n) is 4.00. The van der Waals surface area contributed by atoms with Gasteiger partial charge in [-0.15, -0.1) is 0 Å². The van der Waals surface area contributed by atoms with Crippen LogP contribution in [0.15, 0.2) is 65.7 Å². The van der Waals surface area contributed by atoms with Crippen molar-refractivity contribution in [3.8, 4) is 5.69 Å². The van der Waals surface area contributed by atoms with Crippen molar-refractivity contribution >= 4 is 22.4 Å². The molecule has 0 amide bonds. The molecule has 0 saturated carbocycles. The summed E-state index contributed by atoms with van der Waals surface area (Å²) in [6.07, 6.45) is 1.44. The Kier molecular flexibility index (Phi) is 5.38. The van der Waals surface area contributed by atoms with E-state index >= 15 is 0 Å². The number of ketones is 1. The molecule has 0 spiro atoms. The predicted octanol–water partition coefficient (Wildman–Crippen LogP) is 4.77. The first kappa shape index (κ1) is 20.5. The zero-order valence-corrected chi connectivity index (χ0v) is 18.0. The summed E-state index contributed by atoms with van der Waals surface area (Å²) in [5.41, 5.74) is 3.50. The van der Waals surface area contributed by atoms with Gasteiger partial charge in [-0.05, 0) is 56.8 Å². The molecule has 0 bridgehead atoms. The maximum Gasteiger partial charge on any atom is 0.263 e. The van der Waals surface area contributed by atoms with Crippen molar-refractivity contribution < 1.29 is 4.79 Å². The Hall–Kier alpha value is -3.80. The van der Waals surface area contributed by atoms with Gasteiger partial charge < -0.3 is 5.32 Å². The number of aryl methyl sites for hydroxylation is 2. The Morgan fingerprint density at radius 2 is 1.77 bits per heavy atom. The van der Waals surface area contributed by atoms with Gasteiger partial charge in [0, 0.05) is 11.4 Å². The van der Waals surface area contributed by atoms with Crippen LogP contribution < -0.4 is 10.9 Å². The van der Waals surface area contributed by atoms with Gasteiger partial charge in [-0.1, -0.05) is 36.4 Å². The molecule has 31 heavy (non-hydrogen) atoms. The fourth-order valence-corrected chi connectivity index (χ4v) is 4.00. The van der Waals surface area contributed by atoms with Crippen LogP contribution >= 0.6 is 0 Å². The highest BCUT2D eigenvalue weighted by atomic mass is 16.1. The van der Waals surface area contributed by atoms with Crippen LogP contribution in [-0.4, -0.2) is 20.3 Å². The summed E-state index contributed by atoms with van der Waals surface area (Å²) in [6.45, 7) is 7.19. The van der Waals surface area contributed by atoms with Crippen molar-refractivity contribution in [2.75, 3.05) is 5.32 Å². The van der Waals surface area contributed by atoms with E-state index in [9.17, 15) is 9.59 Å². The van der Waals surface area contributed by atoms with Crippen molar-refractivity contribution in [2.24, 2.45) is 0 Å². The first-order valence-electron chi connectivity index (χ1n) is 10.2. The quantitative estimate of drug-likeness (QED) is 0.478. The van der Waals surface area contributed by atoms with Gasteiger partial charge in [0.1, 0.15) is 12.1 Å². The molecule has 2 aromatic heterocycles. The number of pyridine rings is 1. The summed E-state index contributed by atoms with van der Waals surface area (Å²) in [5, 5.41) is 4.91. The summed E-state index contributed by atoms with van der Waals surface area (Å²) in [5.74, 6) is 0.353. The van der Waals surface area contributed by atoms with Gasteiger partial charge in [0.25, 0.3) is 5.56 Å².